The lowest BCUT2D eigenvalue weighted by molar-refractivity contribution is 0.952. The van der Waals surface area contributed by atoms with Crippen molar-refractivity contribution >= 4 is 27.6 Å². The van der Waals surface area contributed by atoms with Gasteiger partial charge in [-0.3, -0.25) is 4.57 Å². The van der Waals surface area contributed by atoms with E-state index in [1.807, 2.05) is 19.0 Å². The summed E-state index contributed by atoms with van der Waals surface area (Å²) >= 11 is 1.57. The molecule has 0 atom stereocenters. The number of aryl methyl sites for hydroxylation is 2. The van der Waals surface area contributed by atoms with Gasteiger partial charge in [-0.05, 0) is 26.0 Å². The van der Waals surface area contributed by atoms with Gasteiger partial charge in [0.2, 0.25) is 0 Å². The zero-order valence-electron chi connectivity index (χ0n) is 11.4. The fourth-order valence-corrected chi connectivity index (χ4v) is 3.00. The first kappa shape index (κ1) is 12.1. The zero-order chi connectivity index (χ0) is 13.6. The smallest absolute Gasteiger partial charge is 0.198 e. The van der Waals surface area contributed by atoms with Gasteiger partial charge in [0.05, 0.1) is 6.20 Å². The van der Waals surface area contributed by atoms with Gasteiger partial charge in [-0.2, -0.15) is 4.98 Å². The summed E-state index contributed by atoms with van der Waals surface area (Å²) in [5.41, 5.74) is 3.05. The quantitative estimate of drug-likeness (QED) is 0.720. The first-order chi connectivity index (χ1) is 9.06. The fourth-order valence-electron chi connectivity index (χ4n) is 1.98. The molecule has 3 aromatic heterocycles. The normalized spacial score (nSPS) is 11.2. The maximum absolute atomic E-state index is 4.57. The minimum atomic E-state index is 0.707. The van der Waals surface area contributed by atoms with Crippen molar-refractivity contribution in [3.05, 3.63) is 29.7 Å². The number of rotatable bonds is 2. The van der Waals surface area contributed by atoms with E-state index in [-0.39, 0.29) is 0 Å². The molecule has 0 saturated carbocycles. The lowest BCUT2D eigenvalue weighted by Gasteiger charge is -2.08. The van der Waals surface area contributed by atoms with Crippen molar-refractivity contribution in [1.82, 2.24) is 19.5 Å². The third-order valence-corrected chi connectivity index (χ3v) is 3.94. The van der Waals surface area contributed by atoms with Crippen molar-refractivity contribution in [1.29, 1.82) is 0 Å². The number of hydrogen-bond acceptors (Lipinski definition) is 5. The predicted molar refractivity (Wildman–Crippen MR) is 78.3 cm³/mol. The molecule has 0 bridgehead atoms. The SMILES string of the molecule is Cc1ccc(C)n1-c1nc2ncc(N(C)C)nc2s1. The van der Waals surface area contributed by atoms with E-state index in [4.69, 9.17) is 0 Å². The van der Waals surface area contributed by atoms with E-state index in [9.17, 15) is 0 Å². The van der Waals surface area contributed by atoms with Crippen LogP contribution in [0.5, 0.6) is 0 Å². The van der Waals surface area contributed by atoms with E-state index in [0.717, 1.165) is 15.8 Å². The van der Waals surface area contributed by atoms with Crippen LogP contribution in [0.3, 0.4) is 0 Å². The van der Waals surface area contributed by atoms with Gasteiger partial charge in [0.1, 0.15) is 5.82 Å². The summed E-state index contributed by atoms with van der Waals surface area (Å²) in [5.74, 6) is 0.851. The molecule has 3 aromatic rings. The first-order valence-electron chi connectivity index (χ1n) is 6.02. The van der Waals surface area contributed by atoms with Gasteiger partial charge in [0.25, 0.3) is 0 Å². The first-order valence-corrected chi connectivity index (χ1v) is 6.84. The Labute approximate surface area is 115 Å². The molecule has 0 unspecified atom stereocenters. The Bertz CT molecular complexity index is 721. The summed E-state index contributed by atoms with van der Waals surface area (Å²) in [4.78, 5) is 16.3. The third-order valence-electron chi connectivity index (χ3n) is 3.02. The van der Waals surface area contributed by atoms with Gasteiger partial charge in [-0.25, -0.2) is 9.97 Å². The molecule has 3 rings (SSSR count). The molecular weight excluding hydrogens is 258 g/mol. The van der Waals surface area contributed by atoms with Crippen LogP contribution < -0.4 is 4.90 Å². The molecular formula is C13H15N5S. The highest BCUT2D eigenvalue weighted by Gasteiger charge is 2.12. The Hall–Kier alpha value is -1.95. The number of anilines is 1. The van der Waals surface area contributed by atoms with Crippen molar-refractivity contribution in [3.8, 4) is 5.13 Å². The molecule has 0 aliphatic heterocycles. The van der Waals surface area contributed by atoms with Gasteiger partial charge in [0, 0.05) is 25.5 Å². The number of fused-ring (bicyclic) bond motifs is 1. The zero-order valence-corrected chi connectivity index (χ0v) is 12.2. The molecule has 0 aliphatic rings. The second-order valence-electron chi connectivity index (χ2n) is 4.70. The van der Waals surface area contributed by atoms with Crippen LogP contribution in [0.15, 0.2) is 18.3 Å². The Kier molecular flexibility index (Phi) is 2.74. The molecule has 0 fully saturated rings. The van der Waals surface area contributed by atoms with Crippen LogP contribution in [0.2, 0.25) is 0 Å². The van der Waals surface area contributed by atoms with Crippen molar-refractivity contribution < 1.29 is 0 Å². The van der Waals surface area contributed by atoms with Crippen LogP contribution in [0.1, 0.15) is 11.4 Å². The molecule has 0 spiro atoms. The molecule has 0 saturated heterocycles. The standard InChI is InChI=1S/C13H15N5S/c1-8-5-6-9(2)18(8)13-16-11-12(19-13)15-10(7-14-11)17(3)4/h5-7H,1-4H3. The maximum atomic E-state index is 4.57. The van der Waals surface area contributed by atoms with E-state index < -0.39 is 0 Å². The molecule has 6 heteroatoms. The van der Waals surface area contributed by atoms with Crippen molar-refractivity contribution in [2.45, 2.75) is 13.8 Å². The highest BCUT2D eigenvalue weighted by atomic mass is 32.1. The number of aromatic nitrogens is 4. The van der Waals surface area contributed by atoms with E-state index in [1.54, 1.807) is 17.5 Å². The molecule has 0 aromatic carbocycles. The Morgan fingerprint density at radius 1 is 1.11 bits per heavy atom. The molecule has 19 heavy (non-hydrogen) atoms. The number of hydrogen-bond donors (Lipinski definition) is 0. The van der Waals surface area contributed by atoms with E-state index in [2.05, 4.69) is 45.5 Å². The minimum Gasteiger partial charge on any atom is -0.361 e. The summed E-state index contributed by atoms with van der Waals surface area (Å²) in [6.45, 7) is 4.15. The summed E-state index contributed by atoms with van der Waals surface area (Å²) in [5, 5.41) is 0.922. The van der Waals surface area contributed by atoms with Crippen LogP contribution in [0, 0.1) is 13.8 Å². The van der Waals surface area contributed by atoms with E-state index >= 15 is 0 Å². The minimum absolute atomic E-state index is 0.707. The summed E-state index contributed by atoms with van der Waals surface area (Å²) in [7, 11) is 3.91. The van der Waals surface area contributed by atoms with Gasteiger partial charge in [0.15, 0.2) is 15.6 Å². The molecule has 0 radical (unpaired) electrons. The summed E-state index contributed by atoms with van der Waals surface area (Å²) in [6, 6.07) is 4.18. The number of nitrogens with zero attached hydrogens (tertiary/aromatic N) is 5. The molecule has 3 heterocycles. The van der Waals surface area contributed by atoms with Crippen molar-refractivity contribution in [2.24, 2.45) is 0 Å². The molecule has 98 valence electrons. The van der Waals surface area contributed by atoms with E-state index in [1.165, 1.54) is 11.4 Å². The molecule has 0 amide bonds. The van der Waals surface area contributed by atoms with Gasteiger partial charge < -0.3 is 4.90 Å². The lowest BCUT2D eigenvalue weighted by atomic mass is 10.5. The Morgan fingerprint density at radius 2 is 1.79 bits per heavy atom. The molecule has 5 nitrogen and oxygen atoms in total. The average Bonchev–Trinajstić information content (AvgIpc) is 2.91. The van der Waals surface area contributed by atoms with Gasteiger partial charge in [-0.1, -0.05) is 11.3 Å². The van der Waals surface area contributed by atoms with Crippen LogP contribution in [-0.2, 0) is 0 Å². The van der Waals surface area contributed by atoms with Crippen molar-refractivity contribution in [3.63, 3.8) is 0 Å². The predicted octanol–water partition coefficient (Wildman–Crippen LogP) is 2.56. The number of thiazole rings is 1. The van der Waals surface area contributed by atoms with Crippen molar-refractivity contribution in [2.75, 3.05) is 19.0 Å². The molecule has 0 N–H and O–H groups in total. The van der Waals surface area contributed by atoms with Crippen LogP contribution in [0.25, 0.3) is 15.6 Å². The van der Waals surface area contributed by atoms with Gasteiger partial charge in [-0.15, -0.1) is 0 Å². The highest BCUT2D eigenvalue weighted by molar-refractivity contribution is 7.20. The fraction of sp³-hybridized carbons (Fsp3) is 0.308. The Balaban J connectivity index is 2.17. The van der Waals surface area contributed by atoms with Crippen LogP contribution in [-0.4, -0.2) is 33.6 Å². The van der Waals surface area contributed by atoms with Gasteiger partial charge >= 0.3 is 0 Å². The molecule has 0 aliphatic carbocycles. The van der Waals surface area contributed by atoms with Crippen LogP contribution in [0.4, 0.5) is 5.82 Å². The lowest BCUT2D eigenvalue weighted by Crippen LogP contribution is -2.10. The summed E-state index contributed by atoms with van der Waals surface area (Å²) < 4.78 is 2.13. The van der Waals surface area contributed by atoms with E-state index in [0.29, 0.717) is 5.65 Å². The average molecular weight is 273 g/mol. The topological polar surface area (TPSA) is 46.8 Å². The summed E-state index contributed by atoms with van der Waals surface area (Å²) in [6.07, 6.45) is 1.75. The van der Waals surface area contributed by atoms with Crippen LogP contribution >= 0.6 is 11.3 Å². The highest BCUT2D eigenvalue weighted by Crippen LogP contribution is 2.26. The second-order valence-corrected chi connectivity index (χ2v) is 5.66. The monoisotopic (exact) mass is 273 g/mol. The Morgan fingerprint density at radius 3 is 2.42 bits per heavy atom. The largest absolute Gasteiger partial charge is 0.361 e. The maximum Gasteiger partial charge on any atom is 0.198 e. The third kappa shape index (κ3) is 1.98. The second kappa shape index (κ2) is 4.31.